The number of amides is 1. The normalized spacial score (nSPS) is 14.4. The molecule has 0 aliphatic carbocycles. The molecular weight excluding hydrogens is 250 g/mol. The first-order chi connectivity index (χ1) is 8.02. The second kappa shape index (κ2) is 7.07. The summed E-state index contributed by atoms with van der Waals surface area (Å²) in [6.07, 6.45) is 2.96. The van der Waals surface area contributed by atoms with Crippen molar-refractivity contribution in [3.8, 4) is 0 Å². The van der Waals surface area contributed by atoms with Gasteiger partial charge in [-0.1, -0.05) is 6.92 Å². The van der Waals surface area contributed by atoms with Crippen LogP contribution in [0.3, 0.4) is 0 Å². The van der Waals surface area contributed by atoms with Crippen LogP contribution in [-0.4, -0.2) is 24.0 Å². The van der Waals surface area contributed by atoms with Gasteiger partial charge in [-0.15, -0.1) is 11.3 Å². The maximum absolute atomic E-state index is 11.8. The van der Waals surface area contributed by atoms with Crippen molar-refractivity contribution in [2.24, 2.45) is 5.92 Å². The zero-order chi connectivity index (χ0) is 12.8. The number of aryl methyl sites for hydroxylation is 1. The largest absolute Gasteiger partial charge is 0.353 e. The van der Waals surface area contributed by atoms with Crippen LogP contribution in [0.1, 0.15) is 23.6 Å². The fraction of sp³-hybridized carbons (Fsp3) is 0.615. The van der Waals surface area contributed by atoms with Crippen LogP contribution in [0.25, 0.3) is 0 Å². The van der Waals surface area contributed by atoms with E-state index in [0.29, 0.717) is 0 Å². The van der Waals surface area contributed by atoms with Crippen LogP contribution in [0.4, 0.5) is 0 Å². The standard InChI is InChI=1S/C13H21NOS2/c1-9(8-16-4)13(15)14-10(2)7-12-6-5-11(3)17-12/h5-6,9-10H,7-8H2,1-4H3,(H,14,15)/t9-,10-/m1/s1. The van der Waals surface area contributed by atoms with Crippen molar-refractivity contribution in [3.63, 3.8) is 0 Å². The molecule has 96 valence electrons. The highest BCUT2D eigenvalue weighted by Crippen LogP contribution is 2.16. The summed E-state index contributed by atoms with van der Waals surface area (Å²) < 4.78 is 0. The van der Waals surface area contributed by atoms with E-state index in [-0.39, 0.29) is 17.9 Å². The molecule has 1 amide bonds. The van der Waals surface area contributed by atoms with Gasteiger partial charge in [-0.05, 0) is 32.2 Å². The van der Waals surface area contributed by atoms with Crippen molar-refractivity contribution in [1.29, 1.82) is 0 Å². The van der Waals surface area contributed by atoms with E-state index in [9.17, 15) is 4.79 Å². The third kappa shape index (κ3) is 5.13. The van der Waals surface area contributed by atoms with Crippen LogP contribution >= 0.6 is 23.1 Å². The summed E-state index contributed by atoms with van der Waals surface area (Å²) in [5.41, 5.74) is 0. The molecule has 1 N–H and O–H groups in total. The van der Waals surface area contributed by atoms with Crippen LogP contribution < -0.4 is 5.32 Å². The van der Waals surface area contributed by atoms with Crippen molar-refractivity contribution >= 4 is 29.0 Å². The summed E-state index contributed by atoms with van der Waals surface area (Å²) >= 11 is 3.52. The average molecular weight is 271 g/mol. The first kappa shape index (κ1) is 14.6. The van der Waals surface area contributed by atoms with Gasteiger partial charge in [0.05, 0.1) is 0 Å². The van der Waals surface area contributed by atoms with Crippen molar-refractivity contribution in [2.45, 2.75) is 33.2 Å². The van der Waals surface area contributed by atoms with Crippen LogP contribution in [-0.2, 0) is 11.2 Å². The number of thioether (sulfide) groups is 1. The van der Waals surface area contributed by atoms with Gasteiger partial charge < -0.3 is 5.32 Å². The quantitative estimate of drug-likeness (QED) is 0.861. The SMILES string of the molecule is CSC[C@@H](C)C(=O)N[C@H](C)Cc1ccc(C)s1. The first-order valence-electron chi connectivity index (χ1n) is 5.87. The summed E-state index contributed by atoms with van der Waals surface area (Å²) in [4.78, 5) is 14.5. The first-order valence-corrected chi connectivity index (χ1v) is 8.08. The average Bonchev–Trinajstić information content (AvgIpc) is 2.64. The maximum atomic E-state index is 11.8. The monoisotopic (exact) mass is 271 g/mol. The Bertz CT molecular complexity index is 362. The van der Waals surface area contributed by atoms with Crippen LogP contribution in [0.15, 0.2) is 12.1 Å². The van der Waals surface area contributed by atoms with E-state index < -0.39 is 0 Å². The van der Waals surface area contributed by atoms with Crippen molar-refractivity contribution < 1.29 is 4.79 Å². The minimum atomic E-state index is 0.0949. The topological polar surface area (TPSA) is 29.1 Å². The molecule has 17 heavy (non-hydrogen) atoms. The third-order valence-corrected chi connectivity index (χ3v) is 4.41. The van der Waals surface area contributed by atoms with E-state index in [2.05, 4.69) is 31.3 Å². The van der Waals surface area contributed by atoms with E-state index in [0.717, 1.165) is 12.2 Å². The molecule has 1 heterocycles. The second-order valence-corrected chi connectivity index (χ2v) is 6.77. The van der Waals surface area contributed by atoms with Gasteiger partial charge in [0.1, 0.15) is 0 Å². The van der Waals surface area contributed by atoms with E-state index in [4.69, 9.17) is 0 Å². The maximum Gasteiger partial charge on any atom is 0.223 e. The highest BCUT2D eigenvalue weighted by molar-refractivity contribution is 7.98. The lowest BCUT2D eigenvalue weighted by atomic mass is 10.1. The van der Waals surface area contributed by atoms with Gasteiger partial charge in [0.15, 0.2) is 0 Å². The number of nitrogens with one attached hydrogen (secondary N) is 1. The summed E-state index contributed by atoms with van der Waals surface area (Å²) in [6.45, 7) is 6.16. The summed E-state index contributed by atoms with van der Waals surface area (Å²) in [7, 11) is 0. The molecule has 0 saturated carbocycles. The highest BCUT2D eigenvalue weighted by atomic mass is 32.2. The molecule has 0 saturated heterocycles. The smallest absolute Gasteiger partial charge is 0.223 e. The molecule has 1 aromatic heterocycles. The van der Waals surface area contributed by atoms with Crippen LogP contribution in [0.5, 0.6) is 0 Å². The molecule has 0 radical (unpaired) electrons. The van der Waals surface area contributed by atoms with E-state index in [1.807, 2.05) is 13.2 Å². The predicted octanol–water partition coefficient (Wildman–Crippen LogP) is 3.10. The summed E-state index contributed by atoms with van der Waals surface area (Å²) in [5, 5.41) is 3.08. The van der Waals surface area contributed by atoms with Crippen molar-refractivity contribution in [1.82, 2.24) is 5.32 Å². The molecule has 1 aromatic rings. The number of rotatable bonds is 6. The van der Waals surface area contributed by atoms with Crippen molar-refractivity contribution in [2.75, 3.05) is 12.0 Å². The molecule has 2 atom stereocenters. The fourth-order valence-corrected chi connectivity index (χ4v) is 3.33. The molecule has 2 nitrogen and oxygen atoms in total. The van der Waals surface area contributed by atoms with Gasteiger partial charge in [0.25, 0.3) is 0 Å². The molecule has 0 aliphatic heterocycles. The van der Waals surface area contributed by atoms with E-state index in [1.165, 1.54) is 9.75 Å². The fourth-order valence-electron chi connectivity index (χ4n) is 1.66. The number of carbonyl (C=O) groups excluding carboxylic acids is 1. The highest BCUT2D eigenvalue weighted by Gasteiger charge is 2.15. The van der Waals surface area contributed by atoms with E-state index >= 15 is 0 Å². The van der Waals surface area contributed by atoms with Gasteiger partial charge in [-0.3, -0.25) is 4.79 Å². The molecule has 0 bridgehead atoms. The summed E-state index contributed by atoms with van der Waals surface area (Å²) in [6, 6.07) is 4.49. The number of hydrogen-bond acceptors (Lipinski definition) is 3. The number of carbonyl (C=O) groups is 1. The van der Waals surface area contributed by atoms with Gasteiger partial charge in [0, 0.05) is 33.9 Å². The zero-order valence-corrected chi connectivity index (χ0v) is 12.6. The lowest BCUT2D eigenvalue weighted by Gasteiger charge is -2.16. The van der Waals surface area contributed by atoms with Gasteiger partial charge >= 0.3 is 0 Å². The Labute approximate surface area is 112 Å². The number of hydrogen-bond donors (Lipinski definition) is 1. The zero-order valence-electron chi connectivity index (χ0n) is 10.9. The lowest BCUT2D eigenvalue weighted by molar-refractivity contribution is -0.124. The molecule has 4 heteroatoms. The Hall–Kier alpha value is -0.480. The second-order valence-electron chi connectivity index (χ2n) is 4.48. The van der Waals surface area contributed by atoms with Gasteiger partial charge in [0.2, 0.25) is 5.91 Å². The molecule has 0 aliphatic rings. The third-order valence-electron chi connectivity index (χ3n) is 2.56. The van der Waals surface area contributed by atoms with Crippen LogP contribution in [0, 0.1) is 12.8 Å². The van der Waals surface area contributed by atoms with Gasteiger partial charge in [-0.25, -0.2) is 0 Å². The molecule has 1 rings (SSSR count). The number of thiophene rings is 1. The van der Waals surface area contributed by atoms with Crippen molar-refractivity contribution in [3.05, 3.63) is 21.9 Å². The Morgan fingerprint density at radius 3 is 2.71 bits per heavy atom. The lowest BCUT2D eigenvalue weighted by Crippen LogP contribution is -2.38. The van der Waals surface area contributed by atoms with E-state index in [1.54, 1.807) is 23.1 Å². The molecule has 0 fully saturated rings. The Morgan fingerprint density at radius 1 is 1.47 bits per heavy atom. The Kier molecular flexibility index (Phi) is 6.06. The van der Waals surface area contributed by atoms with Gasteiger partial charge in [-0.2, -0.15) is 11.8 Å². The molecular formula is C13H21NOS2. The Balaban J connectivity index is 2.38. The molecule has 0 spiro atoms. The molecule has 0 aromatic carbocycles. The van der Waals surface area contributed by atoms with Crippen LogP contribution in [0.2, 0.25) is 0 Å². The molecule has 0 unspecified atom stereocenters. The summed E-state index contributed by atoms with van der Waals surface area (Å²) in [5.74, 6) is 1.15. The minimum absolute atomic E-state index is 0.0949. The Morgan fingerprint density at radius 2 is 2.18 bits per heavy atom. The minimum Gasteiger partial charge on any atom is -0.353 e. The predicted molar refractivity (Wildman–Crippen MR) is 77.9 cm³/mol.